The van der Waals surface area contributed by atoms with Crippen molar-refractivity contribution in [2.24, 2.45) is 0 Å². The van der Waals surface area contributed by atoms with E-state index in [0.717, 1.165) is 19.6 Å². The van der Waals surface area contributed by atoms with Crippen LogP contribution >= 0.6 is 11.8 Å². The van der Waals surface area contributed by atoms with Crippen molar-refractivity contribution in [3.8, 4) is 0 Å². The van der Waals surface area contributed by atoms with Crippen LogP contribution in [0.25, 0.3) is 0 Å². The lowest BCUT2D eigenvalue weighted by molar-refractivity contribution is -0.130. The maximum absolute atomic E-state index is 11.7. The van der Waals surface area contributed by atoms with Gasteiger partial charge in [-0.15, -0.1) is 0 Å². The van der Waals surface area contributed by atoms with Gasteiger partial charge in [0.25, 0.3) is 0 Å². The standard InChI is InChI=1S/C12H24N2OS/c1-3-14(4-2)12(15)5-8-13-11-6-9-16-10-7-11/h11,13H,3-10H2,1-2H3. The van der Waals surface area contributed by atoms with Crippen molar-refractivity contribution < 1.29 is 4.79 Å². The van der Waals surface area contributed by atoms with Gasteiger partial charge in [0.2, 0.25) is 5.91 Å². The topological polar surface area (TPSA) is 32.3 Å². The first-order chi connectivity index (χ1) is 7.77. The molecule has 0 spiro atoms. The van der Waals surface area contributed by atoms with Gasteiger partial charge >= 0.3 is 0 Å². The third kappa shape index (κ3) is 4.74. The summed E-state index contributed by atoms with van der Waals surface area (Å²) in [5.41, 5.74) is 0. The van der Waals surface area contributed by atoms with Crippen molar-refractivity contribution in [3.05, 3.63) is 0 Å². The Bertz CT molecular complexity index is 201. The smallest absolute Gasteiger partial charge is 0.223 e. The largest absolute Gasteiger partial charge is 0.343 e. The number of rotatable bonds is 6. The van der Waals surface area contributed by atoms with Crippen LogP contribution in [-0.4, -0.2) is 48.0 Å². The molecule has 4 heteroatoms. The third-order valence-electron chi connectivity index (χ3n) is 3.11. The highest BCUT2D eigenvalue weighted by Crippen LogP contribution is 2.16. The Balaban J connectivity index is 2.11. The molecule has 3 nitrogen and oxygen atoms in total. The number of nitrogens with one attached hydrogen (secondary N) is 1. The molecule has 0 radical (unpaired) electrons. The predicted molar refractivity (Wildman–Crippen MR) is 70.9 cm³/mol. The van der Waals surface area contributed by atoms with Gasteiger partial charge in [0.05, 0.1) is 0 Å². The zero-order chi connectivity index (χ0) is 11.8. The quantitative estimate of drug-likeness (QED) is 0.772. The fourth-order valence-corrected chi connectivity index (χ4v) is 3.13. The fraction of sp³-hybridized carbons (Fsp3) is 0.917. The van der Waals surface area contributed by atoms with Gasteiger partial charge in [0, 0.05) is 32.1 Å². The van der Waals surface area contributed by atoms with Crippen molar-refractivity contribution in [2.45, 2.75) is 39.2 Å². The zero-order valence-corrected chi connectivity index (χ0v) is 11.3. The second kappa shape index (κ2) is 7.96. The number of nitrogens with zero attached hydrogens (tertiary/aromatic N) is 1. The lowest BCUT2D eigenvalue weighted by atomic mass is 10.1. The Labute approximate surface area is 103 Å². The molecule has 1 saturated heterocycles. The van der Waals surface area contributed by atoms with Crippen LogP contribution in [0.4, 0.5) is 0 Å². The molecule has 0 aromatic rings. The van der Waals surface area contributed by atoms with Gasteiger partial charge < -0.3 is 10.2 Å². The second-order valence-electron chi connectivity index (χ2n) is 4.16. The molecule has 0 aromatic heterocycles. The molecule has 0 aliphatic carbocycles. The van der Waals surface area contributed by atoms with Crippen LogP contribution < -0.4 is 5.32 Å². The van der Waals surface area contributed by atoms with Gasteiger partial charge in [0.15, 0.2) is 0 Å². The summed E-state index contributed by atoms with van der Waals surface area (Å²) in [5.74, 6) is 2.81. The van der Waals surface area contributed by atoms with Gasteiger partial charge in [-0.2, -0.15) is 11.8 Å². The molecule has 0 unspecified atom stereocenters. The van der Waals surface area contributed by atoms with Crippen LogP contribution in [0.15, 0.2) is 0 Å². The predicted octanol–water partition coefficient (Wildman–Crippen LogP) is 1.73. The molecular weight excluding hydrogens is 220 g/mol. The lowest BCUT2D eigenvalue weighted by Crippen LogP contribution is -2.37. The summed E-state index contributed by atoms with van der Waals surface area (Å²) in [4.78, 5) is 13.6. The first-order valence-corrected chi connectivity index (χ1v) is 7.52. The summed E-state index contributed by atoms with van der Waals surface area (Å²) in [6, 6.07) is 0.644. The number of carbonyl (C=O) groups is 1. The molecule has 0 atom stereocenters. The van der Waals surface area contributed by atoms with E-state index in [9.17, 15) is 4.79 Å². The van der Waals surface area contributed by atoms with E-state index >= 15 is 0 Å². The van der Waals surface area contributed by atoms with Gasteiger partial charge in [-0.1, -0.05) is 0 Å². The van der Waals surface area contributed by atoms with Crippen LogP contribution in [0.3, 0.4) is 0 Å². The number of amides is 1. The maximum Gasteiger partial charge on any atom is 0.223 e. The third-order valence-corrected chi connectivity index (χ3v) is 4.16. The molecule has 1 rings (SSSR count). The van der Waals surface area contributed by atoms with Crippen LogP contribution in [0.5, 0.6) is 0 Å². The Hall–Kier alpha value is -0.220. The Morgan fingerprint density at radius 2 is 1.94 bits per heavy atom. The van der Waals surface area contributed by atoms with Gasteiger partial charge in [-0.25, -0.2) is 0 Å². The monoisotopic (exact) mass is 244 g/mol. The summed E-state index contributed by atoms with van der Waals surface area (Å²) in [6.45, 7) is 6.57. The Kier molecular flexibility index (Phi) is 6.88. The molecule has 1 N–H and O–H groups in total. The van der Waals surface area contributed by atoms with Gasteiger partial charge in [-0.3, -0.25) is 4.79 Å². The van der Waals surface area contributed by atoms with Crippen molar-refractivity contribution in [2.75, 3.05) is 31.1 Å². The van der Waals surface area contributed by atoms with Crippen LogP contribution in [0, 0.1) is 0 Å². The minimum absolute atomic E-state index is 0.280. The Morgan fingerprint density at radius 3 is 2.50 bits per heavy atom. The molecule has 1 amide bonds. The first-order valence-electron chi connectivity index (χ1n) is 6.36. The van der Waals surface area contributed by atoms with Crippen LogP contribution in [0.1, 0.15) is 33.1 Å². The summed E-state index contributed by atoms with van der Waals surface area (Å²) < 4.78 is 0. The van der Waals surface area contributed by atoms with E-state index in [-0.39, 0.29) is 5.91 Å². The zero-order valence-electron chi connectivity index (χ0n) is 10.5. The van der Waals surface area contributed by atoms with E-state index in [1.54, 1.807) is 0 Å². The number of hydrogen-bond donors (Lipinski definition) is 1. The SMILES string of the molecule is CCN(CC)C(=O)CCNC1CCSCC1. The molecule has 0 aromatic carbocycles. The van der Waals surface area contributed by atoms with E-state index in [2.05, 4.69) is 5.32 Å². The summed E-state index contributed by atoms with van der Waals surface area (Å²) >= 11 is 2.04. The van der Waals surface area contributed by atoms with E-state index in [1.165, 1.54) is 24.3 Å². The molecule has 1 aliphatic rings. The van der Waals surface area contributed by atoms with Crippen LogP contribution in [-0.2, 0) is 4.79 Å². The summed E-state index contributed by atoms with van der Waals surface area (Å²) in [5, 5.41) is 3.49. The first kappa shape index (κ1) is 13.8. The molecule has 0 bridgehead atoms. The minimum atomic E-state index is 0.280. The summed E-state index contributed by atoms with van der Waals surface area (Å²) in [6.07, 6.45) is 3.15. The van der Waals surface area contributed by atoms with E-state index < -0.39 is 0 Å². The van der Waals surface area contributed by atoms with Gasteiger partial charge in [-0.05, 0) is 38.2 Å². The molecule has 1 heterocycles. The molecular formula is C12H24N2OS. The highest BCUT2D eigenvalue weighted by atomic mass is 32.2. The van der Waals surface area contributed by atoms with Crippen molar-refractivity contribution >= 4 is 17.7 Å². The van der Waals surface area contributed by atoms with E-state index in [1.807, 2.05) is 30.5 Å². The molecule has 94 valence electrons. The molecule has 1 aliphatic heterocycles. The number of thioether (sulfide) groups is 1. The maximum atomic E-state index is 11.7. The normalized spacial score (nSPS) is 17.4. The molecule has 1 fully saturated rings. The number of carbonyl (C=O) groups excluding carboxylic acids is 1. The number of hydrogen-bond acceptors (Lipinski definition) is 3. The van der Waals surface area contributed by atoms with E-state index in [4.69, 9.17) is 0 Å². The van der Waals surface area contributed by atoms with Gasteiger partial charge in [0.1, 0.15) is 0 Å². The highest BCUT2D eigenvalue weighted by molar-refractivity contribution is 7.99. The second-order valence-corrected chi connectivity index (χ2v) is 5.38. The Morgan fingerprint density at radius 1 is 1.31 bits per heavy atom. The molecule has 16 heavy (non-hydrogen) atoms. The highest BCUT2D eigenvalue weighted by Gasteiger charge is 2.14. The van der Waals surface area contributed by atoms with Crippen LogP contribution in [0.2, 0.25) is 0 Å². The average molecular weight is 244 g/mol. The fourth-order valence-electron chi connectivity index (χ4n) is 2.02. The molecule has 0 saturated carbocycles. The van der Waals surface area contributed by atoms with Crippen molar-refractivity contribution in [1.29, 1.82) is 0 Å². The van der Waals surface area contributed by atoms with Crippen molar-refractivity contribution in [3.63, 3.8) is 0 Å². The lowest BCUT2D eigenvalue weighted by Gasteiger charge is -2.23. The summed E-state index contributed by atoms with van der Waals surface area (Å²) in [7, 11) is 0. The van der Waals surface area contributed by atoms with Crippen molar-refractivity contribution in [1.82, 2.24) is 10.2 Å². The van der Waals surface area contributed by atoms with E-state index in [0.29, 0.717) is 12.5 Å². The minimum Gasteiger partial charge on any atom is -0.343 e. The average Bonchev–Trinajstić information content (AvgIpc) is 2.32.